The van der Waals surface area contributed by atoms with Crippen molar-refractivity contribution in [2.75, 3.05) is 11.4 Å². The zero-order valence-corrected chi connectivity index (χ0v) is 18.2. The Hall–Kier alpha value is -4.24. The van der Waals surface area contributed by atoms with Crippen LogP contribution >= 0.6 is 0 Å². The molecule has 0 atom stereocenters. The molecular formula is C30H23N3. The lowest BCUT2D eigenvalue weighted by Crippen LogP contribution is -2.14. The van der Waals surface area contributed by atoms with Gasteiger partial charge in [0.2, 0.25) is 0 Å². The zero-order valence-electron chi connectivity index (χ0n) is 18.2. The minimum absolute atomic E-state index is 0.987. The molecule has 3 nitrogen and oxygen atoms in total. The molecule has 1 aliphatic rings. The van der Waals surface area contributed by atoms with E-state index >= 15 is 0 Å². The number of rotatable bonds is 3. The minimum atomic E-state index is 0.987. The maximum absolute atomic E-state index is 3.67. The van der Waals surface area contributed by atoms with Gasteiger partial charge in [-0.15, -0.1) is 0 Å². The SMILES string of the molecule is c1ccc2c(c1)CCN2c1cccc(-c2cc3ccccc3[nH]2)c1-c1[nH]cc2ccccc12. The summed E-state index contributed by atoms with van der Waals surface area (Å²) in [5.74, 6) is 0. The van der Waals surface area contributed by atoms with Crippen LogP contribution in [0.1, 0.15) is 5.56 Å². The number of hydrogen-bond donors (Lipinski definition) is 2. The first kappa shape index (κ1) is 18.3. The number of aromatic nitrogens is 2. The molecule has 158 valence electrons. The number of anilines is 2. The van der Waals surface area contributed by atoms with Crippen molar-refractivity contribution >= 4 is 33.1 Å². The average Bonchev–Trinajstić information content (AvgIpc) is 3.59. The maximum Gasteiger partial charge on any atom is 0.0561 e. The van der Waals surface area contributed by atoms with Gasteiger partial charge < -0.3 is 14.9 Å². The average molecular weight is 426 g/mol. The van der Waals surface area contributed by atoms with E-state index in [0.29, 0.717) is 0 Å². The third kappa shape index (κ3) is 2.82. The van der Waals surface area contributed by atoms with E-state index in [4.69, 9.17) is 0 Å². The van der Waals surface area contributed by atoms with Gasteiger partial charge in [0.25, 0.3) is 0 Å². The monoisotopic (exact) mass is 425 g/mol. The number of benzene rings is 4. The number of nitrogens with one attached hydrogen (secondary N) is 2. The molecule has 0 bridgehead atoms. The van der Waals surface area contributed by atoms with Crippen molar-refractivity contribution in [3.63, 3.8) is 0 Å². The highest BCUT2D eigenvalue weighted by molar-refractivity contribution is 6.05. The van der Waals surface area contributed by atoms with Gasteiger partial charge in [-0.05, 0) is 41.6 Å². The molecule has 6 aromatic rings. The van der Waals surface area contributed by atoms with Crippen molar-refractivity contribution in [3.8, 4) is 22.5 Å². The third-order valence-electron chi connectivity index (χ3n) is 6.89. The highest BCUT2D eigenvalue weighted by atomic mass is 15.2. The van der Waals surface area contributed by atoms with Gasteiger partial charge in [-0.1, -0.05) is 72.8 Å². The fraction of sp³-hybridized carbons (Fsp3) is 0.0667. The predicted octanol–water partition coefficient (Wildman–Crippen LogP) is 7.68. The second-order valence-electron chi connectivity index (χ2n) is 8.75. The second-order valence-corrected chi connectivity index (χ2v) is 8.75. The number of fused-ring (bicyclic) bond motifs is 3. The van der Waals surface area contributed by atoms with Crippen LogP contribution in [0.3, 0.4) is 0 Å². The molecule has 7 rings (SSSR count). The Morgan fingerprint density at radius 1 is 0.697 bits per heavy atom. The van der Waals surface area contributed by atoms with Gasteiger partial charge in [-0.25, -0.2) is 0 Å². The van der Waals surface area contributed by atoms with Crippen molar-refractivity contribution < 1.29 is 0 Å². The number of nitrogens with zero attached hydrogens (tertiary/aromatic N) is 1. The van der Waals surface area contributed by atoms with Gasteiger partial charge in [-0.2, -0.15) is 0 Å². The summed E-state index contributed by atoms with van der Waals surface area (Å²) >= 11 is 0. The van der Waals surface area contributed by atoms with Crippen LogP contribution in [0.5, 0.6) is 0 Å². The first-order valence-corrected chi connectivity index (χ1v) is 11.5. The Balaban J connectivity index is 1.53. The van der Waals surface area contributed by atoms with E-state index in [1.54, 1.807) is 0 Å². The van der Waals surface area contributed by atoms with Gasteiger partial charge in [0.15, 0.2) is 0 Å². The van der Waals surface area contributed by atoms with Crippen LogP contribution in [-0.2, 0) is 6.42 Å². The van der Waals surface area contributed by atoms with Crippen molar-refractivity contribution in [2.45, 2.75) is 6.42 Å². The molecule has 2 aromatic heterocycles. The van der Waals surface area contributed by atoms with Crippen molar-refractivity contribution in [2.24, 2.45) is 0 Å². The van der Waals surface area contributed by atoms with Gasteiger partial charge >= 0.3 is 0 Å². The molecule has 2 N–H and O–H groups in total. The van der Waals surface area contributed by atoms with E-state index < -0.39 is 0 Å². The standard InChI is InChI=1S/C30H23N3/c1-4-11-23-22(10-1)19-31-30(23)29-24(26-18-21-9-2-5-13-25(21)32-26)12-7-15-28(29)33-17-16-20-8-3-6-14-27(20)33/h1-15,18-19,31-32H,16-17H2. The van der Waals surface area contributed by atoms with Crippen molar-refractivity contribution in [3.05, 3.63) is 109 Å². The quantitative estimate of drug-likeness (QED) is 0.300. The first-order chi connectivity index (χ1) is 16.4. The number of aromatic amines is 2. The van der Waals surface area contributed by atoms with Crippen LogP contribution in [0.15, 0.2) is 103 Å². The van der Waals surface area contributed by atoms with Crippen LogP contribution in [0.25, 0.3) is 44.2 Å². The molecule has 0 aliphatic carbocycles. The topological polar surface area (TPSA) is 34.8 Å². The number of hydrogen-bond acceptors (Lipinski definition) is 1. The normalized spacial score (nSPS) is 13.2. The van der Waals surface area contributed by atoms with Gasteiger partial charge in [0.05, 0.1) is 11.4 Å². The summed E-state index contributed by atoms with van der Waals surface area (Å²) in [4.78, 5) is 9.77. The van der Waals surface area contributed by atoms with Gasteiger partial charge in [-0.3, -0.25) is 0 Å². The van der Waals surface area contributed by atoms with Crippen LogP contribution in [0.4, 0.5) is 11.4 Å². The van der Waals surface area contributed by atoms with Crippen LogP contribution in [0.2, 0.25) is 0 Å². The van der Waals surface area contributed by atoms with E-state index in [9.17, 15) is 0 Å². The Morgan fingerprint density at radius 2 is 1.48 bits per heavy atom. The Bertz CT molecular complexity index is 1600. The summed E-state index contributed by atoms with van der Waals surface area (Å²) in [6, 6.07) is 34.8. The van der Waals surface area contributed by atoms with E-state index in [0.717, 1.165) is 24.2 Å². The van der Waals surface area contributed by atoms with Crippen LogP contribution < -0.4 is 4.90 Å². The Kier molecular flexibility index (Phi) is 3.97. The summed E-state index contributed by atoms with van der Waals surface area (Å²) in [6.45, 7) is 0.987. The van der Waals surface area contributed by atoms with E-state index in [-0.39, 0.29) is 0 Å². The molecule has 3 heteroatoms. The van der Waals surface area contributed by atoms with Crippen LogP contribution in [-0.4, -0.2) is 16.5 Å². The predicted molar refractivity (Wildman–Crippen MR) is 138 cm³/mol. The van der Waals surface area contributed by atoms with E-state index in [2.05, 4.69) is 118 Å². The first-order valence-electron chi connectivity index (χ1n) is 11.5. The fourth-order valence-electron chi connectivity index (χ4n) is 5.34. The lowest BCUT2D eigenvalue weighted by Gasteiger charge is -2.24. The third-order valence-corrected chi connectivity index (χ3v) is 6.89. The molecule has 0 saturated heterocycles. The molecule has 33 heavy (non-hydrogen) atoms. The lowest BCUT2D eigenvalue weighted by molar-refractivity contribution is 0.999. The van der Waals surface area contributed by atoms with Crippen molar-refractivity contribution in [1.29, 1.82) is 0 Å². The largest absolute Gasteiger partial charge is 0.360 e. The number of para-hydroxylation sites is 2. The van der Waals surface area contributed by atoms with E-state index in [1.165, 1.54) is 49.9 Å². The lowest BCUT2D eigenvalue weighted by atomic mass is 9.96. The molecule has 0 unspecified atom stereocenters. The summed E-state index contributed by atoms with van der Waals surface area (Å²) in [7, 11) is 0. The molecule has 4 aromatic carbocycles. The highest BCUT2D eigenvalue weighted by Crippen LogP contribution is 2.46. The summed E-state index contributed by atoms with van der Waals surface area (Å²) in [6.07, 6.45) is 3.19. The summed E-state index contributed by atoms with van der Waals surface area (Å²) < 4.78 is 0. The fourth-order valence-corrected chi connectivity index (χ4v) is 5.34. The van der Waals surface area contributed by atoms with Gasteiger partial charge in [0.1, 0.15) is 0 Å². The van der Waals surface area contributed by atoms with Crippen LogP contribution in [0, 0.1) is 0 Å². The smallest absolute Gasteiger partial charge is 0.0561 e. The Morgan fingerprint density at radius 3 is 2.42 bits per heavy atom. The van der Waals surface area contributed by atoms with Gasteiger partial charge in [0, 0.05) is 51.5 Å². The molecule has 0 fully saturated rings. The molecule has 1 aliphatic heterocycles. The summed E-state index contributed by atoms with van der Waals surface area (Å²) in [5, 5.41) is 3.70. The Labute approximate surface area is 192 Å². The minimum Gasteiger partial charge on any atom is -0.360 e. The molecule has 0 saturated carbocycles. The second kappa shape index (κ2) is 7.14. The number of H-pyrrole nitrogens is 2. The highest BCUT2D eigenvalue weighted by Gasteiger charge is 2.25. The molecule has 0 radical (unpaired) electrons. The molecule has 0 spiro atoms. The van der Waals surface area contributed by atoms with E-state index in [1.807, 2.05) is 0 Å². The zero-order chi connectivity index (χ0) is 21.8. The summed E-state index contributed by atoms with van der Waals surface area (Å²) in [5.41, 5.74) is 9.87. The molecular weight excluding hydrogens is 402 g/mol. The maximum atomic E-state index is 3.67. The van der Waals surface area contributed by atoms with Crippen molar-refractivity contribution in [1.82, 2.24) is 9.97 Å². The molecule has 3 heterocycles. The molecule has 0 amide bonds.